The molecule has 4 rings (SSSR count). The monoisotopic (exact) mass is 384 g/mol. The van der Waals surface area contributed by atoms with Crippen LogP contribution in [0.25, 0.3) is 0 Å². The lowest BCUT2D eigenvalue weighted by Crippen LogP contribution is -2.75. The average Bonchev–Trinajstić information content (AvgIpc) is 2.96. The summed E-state index contributed by atoms with van der Waals surface area (Å²) in [5, 5.41) is 0. The van der Waals surface area contributed by atoms with E-state index >= 15 is 0 Å². The predicted molar refractivity (Wildman–Crippen MR) is 122 cm³/mol. The molecule has 0 heterocycles. The zero-order valence-corrected chi connectivity index (χ0v) is 20.5. The molecule has 7 unspecified atom stereocenters. The molecule has 0 radical (unpaired) electrons. The van der Waals surface area contributed by atoms with Crippen molar-refractivity contribution in [2.45, 2.75) is 107 Å². The third-order valence-corrected chi connectivity index (χ3v) is 12.6. The first kappa shape index (κ1) is 21.0. The Morgan fingerprint density at radius 2 is 1.46 bits per heavy atom. The van der Waals surface area contributed by atoms with Crippen molar-refractivity contribution in [3.8, 4) is 0 Å². The van der Waals surface area contributed by atoms with Gasteiger partial charge in [0.05, 0.1) is 0 Å². The van der Waals surface area contributed by atoms with Gasteiger partial charge in [-0.15, -0.1) is 6.58 Å². The lowest BCUT2D eigenvalue weighted by atomic mass is 9.22. The molecule has 4 saturated carbocycles. The summed E-state index contributed by atoms with van der Waals surface area (Å²) in [6.45, 7) is 28.0. The summed E-state index contributed by atoms with van der Waals surface area (Å²) in [6.07, 6.45) is 12.5. The summed E-state index contributed by atoms with van der Waals surface area (Å²) in [6, 6.07) is 0. The molecule has 0 aliphatic heterocycles. The summed E-state index contributed by atoms with van der Waals surface area (Å²) in [5.41, 5.74) is 2.33. The smallest absolute Gasteiger partial charge is 0.00584 e. The summed E-state index contributed by atoms with van der Waals surface area (Å²) in [4.78, 5) is 0. The van der Waals surface area contributed by atoms with E-state index in [9.17, 15) is 0 Å². The average molecular weight is 385 g/mol. The van der Waals surface area contributed by atoms with E-state index < -0.39 is 0 Å². The van der Waals surface area contributed by atoms with Crippen LogP contribution in [0.1, 0.15) is 107 Å². The Labute approximate surface area is 176 Å². The van der Waals surface area contributed by atoms with E-state index in [-0.39, 0.29) is 5.41 Å². The summed E-state index contributed by atoms with van der Waals surface area (Å²) in [7, 11) is 0. The van der Waals surface area contributed by atoms with E-state index in [0.29, 0.717) is 27.1 Å². The lowest BCUT2D eigenvalue weighted by molar-refractivity contribution is -0.329. The highest BCUT2D eigenvalue weighted by molar-refractivity contribution is 5.30. The first-order valence-electron chi connectivity index (χ1n) is 12.4. The van der Waals surface area contributed by atoms with Crippen LogP contribution in [0.5, 0.6) is 0 Å². The van der Waals surface area contributed by atoms with Gasteiger partial charge in [0.2, 0.25) is 0 Å². The van der Waals surface area contributed by atoms with Crippen molar-refractivity contribution < 1.29 is 0 Å². The maximum Gasteiger partial charge on any atom is -0.00584 e. The van der Waals surface area contributed by atoms with Gasteiger partial charge >= 0.3 is 0 Å². The third-order valence-electron chi connectivity index (χ3n) is 12.6. The molecule has 0 nitrogen and oxygen atoms in total. The molecule has 0 heteroatoms. The highest BCUT2D eigenvalue weighted by atomic mass is 14.8. The van der Waals surface area contributed by atoms with Crippen molar-refractivity contribution in [2.24, 2.45) is 56.2 Å². The number of fused-ring (bicyclic) bond motifs is 1. The molecule has 0 aromatic carbocycles. The molecule has 4 aliphatic carbocycles. The fraction of sp³-hybridized carbons (Fsp3) is 0.929. The molecule has 160 valence electrons. The highest BCUT2D eigenvalue weighted by Crippen LogP contribution is 2.86. The Balaban J connectivity index is 1.98. The highest BCUT2D eigenvalue weighted by Gasteiger charge is 2.79. The van der Waals surface area contributed by atoms with E-state index in [1.54, 1.807) is 0 Å². The Hall–Kier alpha value is -0.260. The minimum absolute atomic E-state index is 0.238. The minimum atomic E-state index is 0.238. The van der Waals surface area contributed by atoms with Gasteiger partial charge in [-0.1, -0.05) is 81.2 Å². The van der Waals surface area contributed by atoms with E-state index in [2.05, 4.69) is 75.0 Å². The zero-order valence-electron chi connectivity index (χ0n) is 20.5. The molecule has 4 fully saturated rings. The second kappa shape index (κ2) is 5.70. The van der Waals surface area contributed by atoms with Gasteiger partial charge < -0.3 is 0 Å². The van der Waals surface area contributed by atoms with Crippen molar-refractivity contribution in [1.82, 2.24) is 0 Å². The standard InChI is InChI=1S/C28H48/c1-11-13-20-16-28(27(10)23(4,5)17-24(27,6)7)18-25(8)21(14-15-22(20)25)19(3)26(28,9)12-2/h12,19-22H,2,11,13-18H2,1,3-10H3. The molecule has 0 spiro atoms. The van der Waals surface area contributed by atoms with Crippen LogP contribution in [0, 0.1) is 56.2 Å². The Morgan fingerprint density at radius 3 is 1.96 bits per heavy atom. The second-order valence-corrected chi connectivity index (χ2v) is 13.7. The van der Waals surface area contributed by atoms with Gasteiger partial charge in [0.15, 0.2) is 0 Å². The van der Waals surface area contributed by atoms with Gasteiger partial charge in [0, 0.05) is 0 Å². The molecule has 0 amide bonds. The second-order valence-electron chi connectivity index (χ2n) is 13.7. The first-order valence-corrected chi connectivity index (χ1v) is 12.4. The van der Waals surface area contributed by atoms with Crippen LogP contribution in [-0.4, -0.2) is 0 Å². The van der Waals surface area contributed by atoms with Gasteiger partial charge in [-0.2, -0.15) is 0 Å². The van der Waals surface area contributed by atoms with E-state index in [1.165, 1.54) is 44.9 Å². The van der Waals surface area contributed by atoms with Gasteiger partial charge in [0.25, 0.3) is 0 Å². The van der Waals surface area contributed by atoms with Gasteiger partial charge in [-0.25, -0.2) is 0 Å². The Kier molecular flexibility index (Phi) is 4.27. The topological polar surface area (TPSA) is 0 Å². The number of allylic oxidation sites excluding steroid dienone is 1. The van der Waals surface area contributed by atoms with E-state index in [4.69, 9.17) is 0 Å². The molecule has 4 aliphatic rings. The van der Waals surface area contributed by atoms with Crippen molar-refractivity contribution in [3.05, 3.63) is 12.7 Å². The normalized spacial score (nSPS) is 52.8. The summed E-state index contributed by atoms with van der Waals surface area (Å²) >= 11 is 0. The van der Waals surface area contributed by atoms with Crippen LogP contribution in [-0.2, 0) is 0 Å². The molecule has 28 heavy (non-hydrogen) atoms. The molecule has 7 atom stereocenters. The van der Waals surface area contributed by atoms with Crippen molar-refractivity contribution in [3.63, 3.8) is 0 Å². The van der Waals surface area contributed by atoms with Crippen molar-refractivity contribution >= 4 is 0 Å². The van der Waals surface area contributed by atoms with E-state index in [1.807, 2.05) is 0 Å². The van der Waals surface area contributed by atoms with Gasteiger partial charge in [-0.05, 0) is 88.3 Å². The van der Waals surface area contributed by atoms with Gasteiger partial charge in [-0.3, -0.25) is 0 Å². The fourth-order valence-corrected chi connectivity index (χ4v) is 11.3. The molecular weight excluding hydrogens is 336 g/mol. The number of hydrogen-bond donors (Lipinski definition) is 0. The SMILES string of the molecule is C=CC1(C)C(C)C2CCC3C(CCC)CC1(C1(C)C(C)(C)CC1(C)C)CC32C. The Morgan fingerprint density at radius 1 is 0.893 bits per heavy atom. The molecule has 0 saturated heterocycles. The number of rotatable bonds is 4. The molecule has 0 N–H and O–H groups in total. The quantitative estimate of drug-likeness (QED) is 0.426. The largest absolute Gasteiger partial charge is 0.103 e. The van der Waals surface area contributed by atoms with Crippen LogP contribution in [0.2, 0.25) is 0 Å². The molecular formula is C28H48. The van der Waals surface area contributed by atoms with E-state index in [0.717, 1.165) is 23.7 Å². The molecule has 0 aromatic heterocycles. The summed E-state index contributed by atoms with van der Waals surface area (Å²) < 4.78 is 0. The first-order chi connectivity index (χ1) is 12.8. The maximum atomic E-state index is 4.54. The predicted octanol–water partition coefficient (Wildman–Crippen LogP) is 8.52. The minimum Gasteiger partial charge on any atom is -0.103 e. The van der Waals surface area contributed by atoms with Crippen LogP contribution in [0.15, 0.2) is 12.7 Å². The van der Waals surface area contributed by atoms with Crippen LogP contribution in [0.3, 0.4) is 0 Å². The molecule has 0 aromatic rings. The third kappa shape index (κ3) is 1.96. The Bertz CT molecular complexity index is 654. The van der Waals surface area contributed by atoms with Crippen LogP contribution < -0.4 is 0 Å². The maximum absolute atomic E-state index is 4.54. The van der Waals surface area contributed by atoms with Crippen molar-refractivity contribution in [1.29, 1.82) is 0 Å². The van der Waals surface area contributed by atoms with Crippen molar-refractivity contribution in [2.75, 3.05) is 0 Å². The van der Waals surface area contributed by atoms with Crippen LogP contribution in [0.4, 0.5) is 0 Å². The van der Waals surface area contributed by atoms with Crippen LogP contribution >= 0.6 is 0 Å². The molecule has 2 bridgehead atoms. The summed E-state index contributed by atoms with van der Waals surface area (Å²) in [5.74, 6) is 3.53. The number of hydrogen-bond acceptors (Lipinski definition) is 0. The van der Waals surface area contributed by atoms with Gasteiger partial charge in [0.1, 0.15) is 0 Å². The fourth-order valence-electron chi connectivity index (χ4n) is 11.3. The lowest BCUT2D eigenvalue weighted by Gasteiger charge is -2.82. The zero-order chi connectivity index (χ0) is 21.0.